The number of carbonyl (C=O) groups excluding carboxylic acids is 2. The molecule has 1 aliphatic carbocycles. The van der Waals surface area contributed by atoms with Gasteiger partial charge in [-0.15, -0.1) is 11.3 Å². The Morgan fingerprint density at radius 1 is 0.963 bits per heavy atom. The van der Waals surface area contributed by atoms with Gasteiger partial charge in [0.1, 0.15) is 5.00 Å². The summed E-state index contributed by atoms with van der Waals surface area (Å²) < 4.78 is 5.24. The van der Waals surface area contributed by atoms with E-state index < -0.39 is 0 Å². The maximum atomic E-state index is 12.4. The number of rotatable bonds is 12. The molecule has 2 rings (SSSR count). The minimum Gasteiger partial charge on any atom is -0.462 e. The lowest BCUT2D eigenvalue weighted by atomic mass is 9.95. The summed E-state index contributed by atoms with van der Waals surface area (Å²) in [4.78, 5) is 26.0. The molecule has 0 atom stereocenters. The van der Waals surface area contributed by atoms with Crippen molar-refractivity contribution in [2.24, 2.45) is 0 Å². The Morgan fingerprint density at radius 2 is 1.63 bits per heavy atom. The second kappa shape index (κ2) is 12.2. The van der Waals surface area contributed by atoms with E-state index >= 15 is 0 Å². The SMILES string of the molecule is CCCCCCCCCCC(=O)Nc1sc2c(c1C(=O)OCC)CCCC2. The monoisotopic (exact) mass is 393 g/mol. The molecule has 1 aliphatic rings. The van der Waals surface area contributed by atoms with Crippen molar-refractivity contribution in [3.8, 4) is 0 Å². The number of anilines is 1. The number of unbranched alkanes of at least 4 members (excludes halogenated alkanes) is 7. The zero-order valence-electron chi connectivity index (χ0n) is 17.0. The number of thiophene rings is 1. The number of hydrogen-bond acceptors (Lipinski definition) is 4. The van der Waals surface area contributed by atoms with Crippen LogP contribution in [0.3, 0.4) is 0 Å². The molecule has 0 bridgehead atoms. The standard InChI is InChI=1S/C22H35NO3S/c1-3-5-6-7-8-9-10-11-16-19(24)23-21-20(22(25)26-4-2)17-14-12-13-15-18(17)27-21/h3-16H2,1-2H3,(H,23,24). The zero-order chi connectivity index (χ0) is 19.5. The average molecular weight is 394 g/mol. The Kier molecular flexibility index (Phi) is 9.89. The van der Waals surface area contributed by atoms with E-state index in [1.54, 1.807) is 11.3 Å². The smallest absolute Gasteiger partial charge is 0.341 e. The Bertz CT molecular complexity index is 609. The van der Waals surface area contributed by atoms with Crippen LogP contribution in [0.2, 0.25) is 0 Å². The maximum absolute atomic E-state index is 12.4. The highest BCUT2D eigenvalue weighted by Gasteiger charge is 2.27. The van der Waals surface area contributed by atoms with Gasteiger partial charge in [-0.25, -0.2) is 4.79 Å². The van der Waals surface area contributed by atoms with Gasteiger partial charge in [0.15, 0.2) is 0 Å². The Morgan fingerprint density at radius 3 is 2.33 bits per heavy atom. The van der Waals surface area contributed by atoms with Crippen LogP contribution in [0.5, 0.6) is 0 Å². The molecule has 0 aromatic carbocycles. The summed E-state index contributed by atoms with van der Waals surface area (Å²) in [5.41, 5.74) is 1.72. The first-order valence-electron chi connectivity index (χ1n) is 10.8. The van der Waals surface area contributed by atoms with Crippen LogP contribution in [0.1, 0.15) is 105 Å². The highest BCUT2D eigenvalue weighted by Crippen LogP contribution is 2.38. The van der Waals surface area contributed by atoms with Crippen LogP contribution in [-0.2, 0) is 22.4 Å². The number of aryl methyl sites for hydroxylation is 1. The molecule has 27 heavy (non-hydrogen) atoms. The molecule has 0 aliphatic heterocycles. The van der Waals surface area contributed by atoms with Crippen LogP contribution >= 0.6 is 11.3 Å². The predicted molar refractivity (Wildman–Crippen MR) is 113 cm³/mol. The van der Waals surface area contributed by atoms with Crippen LogP contribution in [0.15, 0.2) is 0 Å². The van der Waals surface area contributed by atoms with Gasteiger partial charge in [0, 0.05) is 11.3 Å². The normalized spacial score (nSPS) is 13.3. The summed E-state index contributed by atoms with van der Waals surface area (Å²) in [5.74, 6) is -0.274. The topological polar surface area (TPSA) is 55.4 Å². The van der Waals surface area contributed by atoms with Crippen molar-refractivity contribution in [1.82, 2.24) is 0 Å². The molecule has 4 nitrogen and oxygen atoms in total. The van der Waals surface area contributed by atoms with Crippen LogP contribution in [-0.4, -0.2) is 18.5 Å². The molecule has 0 unspecified atom stereocenters. The lowest BCUT2D eigenvalue weighted by Gasteiger charge is -2.12. The second-order valence-electron chi connectivity index (χ2n) is 7.41. The molecule has 0 spiro atoms. The fourth-order valence-electron chi connectivity index (χ4n) is 3.68. The van der Waals surface area contributed by atoms with Crippen molar-refractivity contribution in [3.05, 3.63) is 16.0 Å². The van der Waals surface area contributed by atoms with Gasteiger partial charge in [-0.05, 0) is 44.6 Å². The molecule has 0 fully saturated rings. The van der Waals surface area contributed by atoms with E-state index in [0.717, 1.165) is 44.1 Å². The van der Waals surface area contributed by atoms with Crippen LogP contribution in [0, 0.1) is 0 Å². The summed E-state index contributed by atoms with van der Waals surface area (Å²) in [6.45, 7) is 4.41. The van der Waals surface area contributed by atoms with Crippen molar-refractivity contribution in [3.63, 3.8) is 0 Å². The largest absolute Gasteiger partial charge is 0.462 e. The lowest BCUT2D eigenvalue weighted by Crippen LogP contribution is -2.15. The molecular formula is C22H35NO3S. The quantitative estimate of drug-likeness (QED) is 0.336. The maximum Gasteiger partial charge on any atom is 0.341 e. The van der Waals surface area contributed by atoms with Crippen molar-refractivity contribution < 1.29 is 14.3 Å². The third-order valence-corrected chi connectivity index (χ3v) is 6.37. The first-order valence-corrected chi connectivity index (χ1v) is 11.6. The molecule has 1 aromatic heterocycles. The van der Waals surface area contributed by atoms with Gasteiger partial charge in [-0.3, -0.25) is 4.79 Å². The van der Waals surface area contributed by atoms with E-state index in [4.69, 9.17) is 4.74 Å². The van der Waals surface area contributed by atoms with Crippen LogP contribution < -0.4 is 5.32 Å². The number of esters is 1. The fourth-order valence-corrected chi connectivity index (χ4v) is 4.98. The van der Waals surface area contributed by atoms with Gasteiger partial charge in [0.05, 0.1) is 12.2 Å². The van der Waals surface area contributed by atoms with E-state index in [9.17, 15) is 9.59 Å². The second-order valence-corrected chi connectivity index (χ2v) is 8.51. The van der Waals surface area contributed by atoms with Gasteiger partial charge >= 0.3 is 5.97 Å². The minimum absolute atomic E-state index is 0.0186. The molecule has 1 aromatic rings. The van der Waals surface area contributed by atoms with Gasteiger partial charge in [0.25, 0.3) is 0 Å². The summed E-state index contributed by atoms with van der Waals surface area (Å²) in [5, 5.41) is 3.70. The van der Waals surface area contributed by atoms with E-state index in [0.29, 0.717) is 23.6 Å². The number of carbonyl (C=O) groups is 2. The molecular weight excluding hydrogens is 358 g/mol. The van der Waals surface area contributed by atoms with Crippen molar-refractivity contribution >= 4 is 28.2 Å². The molecule has 0 saturated carbocycles. The van der Waals surface area contributed by atoms with E-state index in [1.807, 2.05) is 6.92 Å². The van der Waals surface area contributed by atoms with Crippen molar-refractivity contribution in [1.29, 1.82) is 0 Å². The summed E-state index contributed by atoms with van der Waals surface area (Å²) >= 11 is 1.57. The molecule has 152 valence electrons. The third-order valence-electron chi connectivity index (χ3n) is 5.16. The van der Waals surface area contributed by atoms with Gasteiger partial charge < -0.3 is 10.1 Å². The molecule has 1 N–H and O–H groups in total. The molecule has 1 amide bonds. The van der Waals surface area contributed by atoms with Crippen LogP contribution in [0.25, 0.3) is 0 Å². The van der Waals surface area contributed by atoms with Crippen LogP contribution in [0.4, 0.5) is 5.00 Å². The van der Waals surface area contributed by atoms with E-state index in [2.05, 4.69) is 12.2 Å². The Labute approximate surface area is 168 Å². The number of ether oxygens (including phenoxy) is 1. The van der Waals surface area contributed by atoms with E-state index in [-0.39, 0.29) is 11.9 Å². The van der Waals surface area contributed by atoms with Crippen molar-refractivity contribution in [2.45, 2.75) is 97.3 Å². The first-order chi connectivity index (χ1) is 13.2. The summed E-state index contributed by atoms with van der Waals surface area (Å²) in [6.07, 6.45) is 14.4. The number of hydrogen-bond donors (Lipinski definition) is 1. The van der Waals surface area contributed by atoms with Gasteiger partial charge in [-0.1, -0.05) is 51.9 Å². The average Bonchev–Trinajstić information content (AvgIpc) is 3.01. The molecule has 0 radical (unpaired) electrons. The number of nitrogens with one attached hydrogen (secondary N) is 1. The highest BCUT2D eigenvalue weighted by molar-refractivity contribution is 7.17. The minimum atomic E-state index is -0.292. The van der Waals surface area contributed by atoms with Gasteiger partial charge in [0.2, 0.25) is 5.91 Å². The van der Waals surface area contributed by atoms with Crippen molar-refractivity contribution in [2.75, 3.05) is 11.9 Å². The Hall–Kier alpha value is -1.36. The van der Waals surface area contributed by atoms with Gasteiger partial charge in [-0.2, -0.15) is 0 Å². The fraction of sp³-hybridized carbons (Fsp3) is 0.727. The number of amides is 1. The predicted octanol–water partition coefficient (Wildman–Crippen LogP) is 6.27. The summed E-state index contributed by atoms with van der Waals surface area (Å²) in [6, 6.07) is 0. The molecule has 0 saturated heterocycles. The Balaban J connectivity index is 1.82. The molecule has 1 heterocycles. The van der Waals surface area contributed by atoms with E-state index in [1.165, 1.54) is 43.4 Å². The lowest BCUT2D eigenvalue weighted by molar-refractivity contribution is -0.116. The number of fused-ring (bicyclic) bond motifs is 1. The highest BCUT2D eigenvalue weighted by atomic mass is 32.1. The first kappa shape index (κ1) is 21.9. The zero-order valence-corrected chi connectivity index (χ0v) is 17.8. The molecule has 5 heteroatoms. The summed E-state index contributed by atoms with van der Waals surface area (Å²) in [7, 11) is 0. The third kappa shape index (κ3) is 6.95.